The van der Waals surface area contributed by atoms with Gasteiger partial charge in [0.1, 0.15) is 6.10 Å². The summed E-state index contributed by atoms with van der Waals surface area (Å²) >= 11 is 1.40. The molecule has 1 saturated heterocycles. The molecule has 154 valence electrons. The first-order chi connectivity index (χ1) is 14.7. The number of carbonyl (C=O) groups excluding carboxylic acids is 2. The van der Waals surface area contributed by atoms with Gasteiger partial charge in [0.05, 0.1) is 12.2 Å². The van der Waals surface area contributed by atoms with Crippen LogP contribution in [0.1, 0.15) is 33.9 Å². The van der Waals surface area contributed by atoms with Gasteiger partial charge >= 0.3 is 0 Å². The van der Waals surface area contributed by atoms with Crippen LogP contribution in [0.3, 0.4) is 0 Å². The van der Waals surface area contributed by atoms with Crippen molar-refractivity contribution >= 4 is 28.3 Å². The molecule has 0 bridgehead atoms. The van der Waals surface area contributed by atoms with Gasteiger partial charge in [0.25, 0.3) is 11.8 Å². The normalized spacial score (nSPS) is 18.3. The van der Waals surface area contributed by atoms with Crippen molar-refractivity contribution in [2.75, 3.05) is 18.5 Å². The van der Waals surface area contributed by atoms with Crippen LogP contribution in [-0.2, 0) is 22.5 Å². The average molecular weight is 424 g/mol. The first-order valence-corrected chi connectivity index (χ1v) is 10.7. The lowest BCUT2D eigenvalue weighted by Gasteiger charge is -2.25. The van der Waals surface area contributed by atoms with E-state index in [4.69, 9.17) is 9.26 Å². The number of thiazole rings is 1. The molecule has 2 aliphatic rings. The molecule has 30 heavy (non-hydrogen) atoms. The van der Waals surface area contributed by atoms with Crippen molar-refractivity contribution in [3.05, 3.63) is 52.7 Å². The first kappa shape index (κ1) is 19.0. The summed E-state index contributed by atoms with van der Waals surface area (Å²) in [6.45, 7) is 1.61. The molecule has 2 aliphatic heterocycles. The molecule has 1 fully saturated rings. The third kappa shape index (κ3) is 3.73. The van der Waals surface area contributed by atoms with Crippen molar-refractivity contribution in [2.24, 2.45) is 0 Å². The zero-order chi connectivity index (χ0) is 20.5. The molecule has 0 radical (unpaired) electrons. The fourth-order valence-corrected chi connectivity index (χ4v) is 4.70. The number of nitrogens with one attached hydrogen (secondary N) is 1. The molecule has 0 aliphatic carbocycles. The number of hydrogen-bond acceptors (Lipinski definition) is 7. The van der Waals surface area contributed by atoms with Gasteiger partial charge in [0.15, 0.2) is 16.6 Å². The van der Waals surface area contributed by atoms with E-state index in [9.17, 15) is 9.59 Å². The molecule has 5 rings (SSSR count). The van der Waals surface area contributed by atoms with Gasteiger partial charge in [-0.15, -0.1) is 0 Å². The van der Waals surface area contributed by atoms with Gasteiger partial charge < -0.3 is 14.2 Å². The largest absolute Gasteiger partial charge is 0.368 e. The van der Waals surface area contributed by atoms with Crippen LogP contribution in [0.4, 0.5) is 5.13 Å². The van der Waals surface area contributed by atoms with Crippen molar-refractivity contribution in [1.29, 1.82) is 0 Å². The van der Waals surface area contributed by atoms with Crippen LogP contribution in [0.5, 0.6) is 0 Å². The Morgan fingerprint density at radius 2 is 2.10 bits per heavy atom. The van der Waals surface area contributed by atoms with E-state index >= 15 is 0 Å². The first-order valence-electron chi connectivity index (χ1n) is 9.90. The highest BCUT2D eigenvalue weighted by Crippen LogP contribution is 2.30. The van der Waals surface area contributed by atoms with Crippen LogP contribution in [-0.4, -0.2) is 46.1 Å². The monoisotopic (exact) mass is 424 g/mol. The predicted molar refractivity (Wildman–Crippen MR) is 110 cm³/mol. The number of anilines is 1. The molecule has 4 heterocycles. The Labute approximate surface area is 176 Å². The van der Waals surface area contributed by atoms with Crippen LogP contribution in [0.25, 0.3) is 11.3 Å². The second kappa shape index (κ2) is 8.00. The van der Waals surface area contributed by atoms with Crippen LogP contribution in [0.15, 0.2) is 40.9 Å². The van der Waals surface area contributed by atoms with E-state index in [0.29, 0.717) is 37.0 Å². The van der Waals surface area contributed by atoms with E-state index in [1.165, 1.54) is 11.3 Å². The Morgan fingerprint density at radius 1 is 1.23 bits per heavy atom. The molecule has 1 aromatic carbocycles. The lowest BCUT2D eigenvalue weighted by molar-refractivity contribution is -0.124. The van der Waals surface area contributed by atoms with Gasteiger partial charge in [-0.05, 0) is 12.8 Å². The molecular formula is C21H20N4O4S. The van der Waals surface area contributed by atoms with Crippen LogP contribution in [0.2, 0.25) is 0 Å². The maximum absolute atomic E-state index is 12.9. The van der Waals surface area contributed by atoms with Crippen molar-refractivity contribution in [1.82, 2.24) is 15.0 Å². The number of benzene rings is 1. The minimum Gasteiger partial charge on any atom is -0.368 e. The number of aromatic nitrogens is 2. The highest BCUT2D eigenvalue weighted by atomic mass is 32.1. The molecule has 8 nitrogen and oxygen atoms in total. The molecule has 1 N–H and O–H groups in total. The van der Waals surface area contributed by atoms with Gasteiger partial charge in [-0.1, -0.05) is 46.8 Å². The molecule has 1 unspecified atom stereocenters. The second-order valence-corrected chi connectivity index (χ2v) is 8.38. The Hall–Kier alpha value is -3.04. The topological polar surface area (TPSA) is 97.6 Å². The number of ether oxygens (including phenoxy) is 1. The van der Waals surface area contributed by atoms with Crippen molar-refractivity contribution in [2.45, 2.75) is 31.9 Å². The summed E-state index contributed by atoms with van der Waals surface area (Å²) in [5.74, 6) is 0.237. The summed E-state index contributed by atoms with van der Waals surface area (Å²) in [4.78, 5) is 32.4. The summed E-state index contributed by atoms with van der Waals surface area (Å²) in [5, 5.41) is 7.37. The highest BCUT2D eigenvalue weighted by Gasteiger charge is 2.29. The number of hydrogen-bond donors (Lipinski definition) is 1. The Morgan fingerprint density at radius 3 is 2.90 bits per heavy atom. The van der Waals surface area contributed by atoms with Crippen molar-refractivity contribution in [3.8, 4) is 11.3 Å². The molecule has 0 spiro atoms. The number of carbonyl (C=O) groups is 2. The Balaban J connectivity index is 1.26. The van der Waals surface area contributed by atoms with Gasteiger partial charge in [0.2, 0.25) is 0 Å². The lowest BCUT2D eigenvalue weighted by Crippen LogP contribution is -2.35. The van der Waals surface area contributed by atoms with Gasteiger partial charge in [-0.3, -0.25) is 14.9 Å². The maximum atomic E-state index is 12.9. The zero-order valence-electron chi connectivity index (χ0n) is 16.2. The van der Waals surface area contributed by atoms with Gasteiger partial charge in [-0.25, -0.2) is 4.98 Å². The molecule has 9 heteroatoms. The van der Waals surface area contributed by atoms with Crippen LogP contribution in [0, 0.1) is 0 Å². The van der Waals surface area contributed by atoms with Crippen LogP contribution >= 0.6 is 11.3 Å². The van der Waals surface area contributed by atoms with Crippen LogP contribution < -0.4 is 5.32 Å². The van der Waals surface area contributed by atoms with Crippen molar-refractivity contribution in [3.63, 3.8) is 0 Å². The Bertz CT molecular complexity index is 1070. The summed E-state index contributed by atoms with van der Waals surface area (Å²) in [6, 6.07) is 11.2. The number of amides is 2. The van der Waals surface area contributed by atoms with E-state index in [1.807, 2.05) is 30.3 Å². The van der Waals surface area contributed by atoms with E-state index in [1.54, 1.807) is 11.0 Å². The van der Waals surface area contributed by atoms with E-state index in [2.05, 4.69) is 15.5 Å². The van der Waals surface area contributed by atoms with E-state index in [-0.39, 0.29) is 17.5 Å². The third-order valence-electron chi connectivity index (χ3n) is 5.26. The fourth-order valence-electron chi connectivity index (χ4n) is 3.67. The summed E-state index contributed by atoms with van der Waals surface area (Å²) in [7, 11) is 0. The third-order valence-corrected chi connectivity index (χ3v) is 6.26. The quantitative estimate of drug-likeness (QED) is 0.691. The van der Waals surface area contributed by atoms with Gasteiger partial charge in [0, 0.05) is 36.1 Å². The number of nitrogens with zero attached hydrogens (tertiary/aromatic N) is 3. The summed E-state index contributed by atoms with van der Waals surface area (Å²) in [5.41, 5.74) is 2.09. The van der Waals surface area contributed by atoms with Gasteiger partial charge in [-0.2, -0.15) is 0 Å². The fraction of sp³-hybridized carbons (Fsp3) is 0.333. The Kier molecular flexibility index (Phi) is 5.06. The smallest absolute Gasteiger partial charge is 0.276 e. The van der Waals surface area contributed by atoms with Crippen molar-refractivity contribution < 1.29 is 18.8 Å². The zero-order valence-corrected chi connectivity index (χ0v) is 17.0. The predicted octanol–water partition coefficient (Wildman–Crippen LogP) is 3.11. The standard InChI is InChI=1S/C21H20N4O4S/c26-19(16-7-4-10-28-16)23-21-22-14-8-9-25(12-18(14)30-21)20(27)15-11-17(29-24-15)13-5-2-1-3-6-13/h1-3,5-6,11,16H,4,7-10,12H2,(H,22,23,26). The summed E-state index contributed by atoms with van der Waals surface area (Å²) in [6.07, 6.45) is 1.88. The average Bonchev–Trinajstić information content (AvgIpc) is 3.53. The second-order valence-electron chi connectivity index (χ2n) is 7.30. The molecule has 1 atom stereocenters. The van der Waals surface area contributed by atoms with E-state index in [0.717, 1.165) is 29.0 Å². The van der Waals surface area contributed by atoms with E-state index < -0.39 is 6.10 Å². The number of fused-ring (bicyclic) bond motifs is 1. The summed E-state index contributed by atoms with van der Waals surface area (Å²) < 4.78 is 10.8. The highest BCUT2D eigenvalue weighted by molar-refractivity contribution is 7.15. The molecule has 3 aromatic rings. The SMILES string of the molecule is O=C(Nc1nc2c(s1)CN(C(=O)c1cc(-c3ccccc3)on1)CC2)C1CCCO1. The lowest BCUT2D eigenvalue weighted by atomic mass is 10.1. The molecule has 2 amide bonds. The minimum absolute atomic E-state index is 0.150. The minimum atomic E-state index is -0.394. The molecule has 2 aromatic heterocycles. The number of rotatable bonds is 4. The molecular weight excluding hydrogens is 404 g/mol. The molecule has 0 saturated carbocycles. The maximum Gasteiger partial charge on any atom is 0.276 e.